The number of benzene rings is 1. The highest BCUT2D eigenvalue weighted by Gasteiger charge is 2.31. The molecule has 0 radical (unpaired) electrons. The van der Waals surface area contributed by atoms with Gasteiger partial charge in [0.1, 0.15) is 5.78 Å². The largest absolute Gasteiger partial charge is 0.449 e. The molecule has 0 aliphatic carbocycles. The lowest BCUT2D eigenvalue weighted by atomic mass is 9.95. The van der Waals surface area contributed by atoms with Crippen LogP contribution in [-0.2, 0) is 16.0 Å². The Morgan fingerprint density at radius 2 is 2.05 bits per heavy atom. The zero-order valence-corrected chi connectivity index (χ0v) is 12.7. The Morgan fingerprint density at radius 3 is 2.71 bits per heavy atom. The van der Waals surface area contributed by atoms with Crippen LogP contribution >= 0.6 is 0 Å². The maximum atomic E-state index is 12.2. The third-order valence-corrected chi connectivity index (χ3v) is 3.62. The van der Waals surface area contributed by atoms with Crippen molar-refractivity contribution in [3.05, 3.63) is 35.9 Å². The topological polar surface area (TPSA) is 46.6 Å². The van der Waals surface area contributed by atoms with Crippen molar-refractivity contribution in [2.45, 2.75) is 39.2 Å². The number of hydrogen-bond acceptors (Lipinski definition) is 3. The lowest BCUT2D eigenvalue weighted by molar-refractivity contribution is -0.122. The van der Waals surface area contributed by atoms with Gasteiger partial charge in [-0.2, -0.15) is 0 Å². The maximum absolute atomic E-state index is 12.2. The minimum absolute atomic E-state index is 0.0895. The molecule has 1 aromatic rings. The summed E-state index contributed by atoms with van der Waals surface area (Å²) in [5, 5.41) is 0. The molecule has 1 amide bonds. The number of carbonyl (C=O) groups is 2. The number of ether oxygens (including phenoxy) is 1. The van der Waals surface area contributed by atoms with Gasteiger partial charge in [0, 0.05) is 25.4 Å². The van der Waals surface area contributed by atoms with E-state index in [4.69, 9.17) is 4.74 Å². The number of carbonyl (C=O) groups excluding carboxylic acids is 2. The van der Waals surface area contributed by atoms with Gasteiger partial charge in [0.25, 0.3) is 0 Å². The number of amides is 1. The molecule has 1 fully saturated rings. The van der Waals surface area contributed by atoms with Gasteiger partial charge < -0.3 is 9.64 Å². The normalized spacial score (nSPS) is 18.9. The highest BCUT2D eigenvalue weighted by atomic mass is 16.6. The van der Waals surface area contributed by atoms with Crippen molar-refractivity contribution in [2.24, 2.45) is 5.92 Å². The molecule has 0 spiro atoms. The average molecular weight is 289 g/mol. The van der Waals surface area contributed by atoms with Crippen molar-refractivity contribution in [1.29, 1.82) is 0 Å². The summed E-state index contributed by atoms with van der Waals surface area (Å²) >= 11 is 0. The van der Waals surface area contributed by atoms with E-state index in [1.165, 1.54) is 0 Å². The molecular formula is C17H23NO3. The van der Waals surface area contributed by atoms with Crippen molar-refractivity contribution in [1.82, 2.24) is 4.90 Å². The number of nitrogens with zero attached hydrogens (tertiary/aromatic N) is 1. The van der Waals surface area contributed by atoms with E-state index < -0.39 is 0 Å². The monoisotopic (exact) mass is 289 g/mol. The van der Waals surface area contributed by atoms with Crippen LogP contribution in [0.15, 0.2) is 30.3 Å². The van der Waals surface area contributed by atoms with Gasteiger partial charge in [-0.05, 0) is 17.9 Å². The first kappa shape index (κ1) is 15.5. The summed E-state index contributed by atoms with van der Waals surface area (Å²) in [6.45, 7) is 4.90. The van der Waals surface area contributed by atoms with E-state index in [2.05, 4.69) is 0 Å². The van der Waals surface area contributed by atoms with E-state index in [1.54, 1.807) is 4.90 Å². The molecule has 1 heterocycles. The van der Waals surface area contributed by atoms with Gasteiger partial charge in [-0.25, -0.2) is 4.79 Å². The van der Waals surface area contributed by atoms with Gasteiger partial charge in [-0.15, -0.1) is 0 Å². The number of likely N-dealkylation sites (tertiary alicyclic amines) is 1. The molecule has 0 saturated carbocycles. The first-order chi connectivity index (χ1) is 10.1. The summed E-state index contributed by atoms with van der Waals surface area (Å²) in [5.41, 5.74) is 1.14. The lowest BCUT2D eigenvalue weighted by Gasteiger charge is -2.34. The fraction of sp³-hybridized carbons (Fsp3) is 0.529. The van der Waals surface area contributed by atoms with Crippen molar-refractivity contribution in [2.75, 3.05) is 13.2 Å². The second-order valence-electron chi connectivity index (χ2n) is 6.00. The standard InChI is InChI=1S/C17H23NO3/c1-13(2)12-21-17(20)18-9-8-16(19)11-15(18)10-14-6-4-3-5-7-14/h3-7,13,15H,8-12H2,1-2H3. The molecule has 1 saturated heterocycles. The molecule has 2 rings (SSSR count). The van der Waals surface area contributed by atoms with Crippen LogP contribution in [0.2, 0.25) is 0 Å². The molecule has 0 bridgehead atoms. The number of rotatable bonds is 4. The van der Waals surface area contributed by atoms with E-state index in [-0.39, 0.29) is 17.9 Å². The van der Waals surface area contributed by atoms with Gasteiger partial charge in [-0.3, -0.25) is 4.79 Å². The molecule has 4 nitrogen and oxygen atoms in total. The highest BCUT2D eigenvalue weighted by molar-refractivity contribution is 5.82. The summed E-state index contributed by atoms with van der Waals surface area (Å²) < 4.78 is 5.32. The maximum Gasteiger partial charge on any atom is 0.410 e. The van der Waals surface area contributed by atoms with Gasteiger partial charge in [-0.1, -0.05) is 44.2 Å². The fourth-order valence-corrected chi connectivity index (χ4v) is 2.53. The molecule has 0 N–H and O–H groups in total. The smallest absolute Gasteiger partial charge is 0.410 e. The molecular weight excluding hydrogens is 266 g/mol. The Morgan fingerprint density at radius 1 is 1.33 bits per heavy atom. The Balaban J connectivity index is 2.02. The van der Waals surface area contributed by atoms with Crippen LogP contribution in [0.5, 0.6) is 0 Å². The predicted molar refractivity (Wildman–Crippen MR) is 81.1 cm³/mol. The highest BCUT2D eigenvalue weighted by Crippen LogP contribution is 2.20. The van der Waals surface area contributed by atoms with Crippen molar-refractivity contribution < 1.29 is 14.3 Å². The molecule has 1 aliphatic heterocycles. The van der Waals surface area contributed by atoms with E-state index in [0.29, 0.717) is 38.3 Å². The van der Waals surface area contributed by atoms with Crippen LogP contribution in [0.4, 0.5) is 4.79 Å². The van der Waals surface area contributed by atoms with Crippen molar-refractivity contribution in [3.63, 3.8) is 0 Å². The van der Waals surface area contributed by atoms with Gasteiger partial charge in [0.2, 0.25) is 0 Å². The minimum Gasteiger partial charge on any atom is -0.449 e. The minimum atomic E-state index is -0.294. The Hall–Kier alpha value is -1.84. The lowest BCUT2D eigenvalue weighted by Crippen LogP contribution is -2.47. The van der Waals surface area contributed by atoms with E-state index in [1.807, 2.05) is 44.2 Å². The Bertz CT molecular complexity index is 484. The number of Topliss-reactive ketones (excluding diaryl/α,β-unsaturated/α-hetero) is 1. The average Bonchev–Trinajstić information content (AvgIpc) is 2.46. The van der Waals surface area contributed by atoms with Crippen molar-refractivity contribution in [3.8, 4) is 0 Å². The second-order valence-corrected chi connectivity index (χ2v) is 6.00. The van der Waals surface area contributed by atoms with Crippen LogP contribution < -0.4 is 0 Å². The quantitative estimate of drug-likeness (QED) is 0.856. The number of hydrogen-bond donors (Lipinski definition) is 0. The molecule has 0 aromatic heterocycles. The van der Waals surface area contributed by atoms with Crippen LogP contribution in [0, 0.1) is 5.92 Å². The number of piperidine rings is 1. The number of ketones is 1. The van der Waals surface area contributed by atoms with E-state index in [9.17, 15) is 9.59 Å². The van der Waals surface area contributed by atoms with Gasteiger partial charge in [0.05, 0.1) is 6.61 Å². The summed E-state index contributed by atoms with van der Waals surface area (Å²) in [7, 11) is 0. The molecule has 4 heteroatoms. The summed E-state index contributed by atoms with van der Waals surface area (Å²) in [6, 6.07) is 9.87. The summed E-state index contributed by atoms with van der Waals surface area (Å²) in [6.07, 6.45) is 1.26. The Kier molecular flexibility index (Phi) is 5.37. The predicted octanol–water partition coefficient (Wildman–Crippen LogP) is 3.06. The third kappa shape index (κ3) is 4.59. The van der Waals surface area contributed by atoms with Gasteiger partial charge in [0.15, 0.2) is 0 Å². The Labute approximate surface area is 126 Å². The first-order valence-corrected chi connectivity index (χ1v) is 7.55. The molecule has 1 aromatic carbocycles. The third-order valence-electron chi connectivity index (χ3n) is 3.62. The first-order valence-electron chi connectivity index (χ1n) is 7.55. The van der Waals surface area contributed by atoms with E-state index in [0.717, 1.165) is 5.56 Å². The fourth-order valence-electron chi connectivity index (χ4n) is 2.53. The molecule has 21 heavy (non-hydrogen) atoms. The molecule has 1 unspecified atom stereocenters. The van der Waals surface area contributed by atoms with Crippen LogP contribution in [0.25, 0.3) is 0 Å². The summed E-state index contributed by atoms with van der Waals surface area (Å²) in [5.74, 6) is 0.539. The van der Waals surface area contributed by atoms with Crippen LogP contribution in [-0.4, -0.2) is 36.0 Å². The molecule has 1 aliphatic rings. The van der Waals surface area contributed by atoms with Crippen LogP contribution in [0.1, 0.15) is 32.3 Å². The summed E-state index contributed by atoms with van der Waals surface area (Å²) in [4.78, 5) is 25.6. The van der Waals surface area contributed by atoms with Crippen LogP contribution in [0.3, 0.4) is 0 Å². The molecule has 1 atom stereocenters. The van der Waals surface area contributed by atoms with E-state index >= 15 is 0 Å². The SMILES string of the molecule is CC(C)COC(=O)N1CCC(=O)CC1Cc1ccccc1. The molecule has 114 valence electrons. The zero-order chi connectivity index (χ0) is 15.2. The second kappa shape index (κ2) is 7.25. The zero-order valence-electron chi connectivity index (χ0n) is 12.7. The van der Waals surface area contributed by atoms with Gasteiger partial charge >= 0.3 is 6.09 Å². The van der Waals surface area contributed by atoms with Crippen molar-refractivity contribution >= 4 is 11.9 Å².